The van der Waals surface area contributed by atoms with Gasteiger partial charge in [0.25, 0.3) is 0 Å². The molecule has 168 valence electrons. The lowest BCUT2D eigenvalue weighted by Crippen LogP contribution is -2.49. The third kappa shape index (κ3) is 4.71. The number of hydrogen-bond acceptors (Lipinski definition) is 6. The molecular weight excluding hydrogens is 398 g/mol. The van der Waals surface area contributed by atoms with Crippen molar-refractivity contribution in [3.63, 3.8) is 0 Å². The number of hydrogen-bond donors (Lipinski definition) is 2. The van der Waals surface area contributed by atoms with Gasteiger partial charge < -0.3 is 20.1 Å². The summed E-state index contributed by atoms with van der Waals surface area (Å²) in [6.45, 7) is 8.35. The molecule has 2 N–H and O–H groups in total. The molecule has 0 saturated carbocycles. The van der Waals surface area contributed by atoms with Gasteiger partial charge in [0, 0.05) is 25.6 Å². The summed E-state index contributed by atoms with van der Waals surface area (Å²) in [6.07, 6.45) is 1.20. The highest BCUT2D eigenvalue weighted by Gasteiger charge is 2.45. The summed E-state index contributed by atoms with van der Waals surface area (Å²) >= 11 is 0. The molecule has 3 rings (SSSR count). The molecule has 2 heterocycles. The number of para-hydroxylation sites is 1. The largest absolute Gasteiger partial charge is 0.493 e. The highest BCUT2D eigenvalue weighted by atomic mass is 16.5. The van der Waals surface area contributed by atoms with Crippen molar-refractivity contribution in [2.75, 3.05) is 20.2 Å². The van der Waals surface area contributed by atoms with E-state index in [1.165, 1.54) is 11.9 Å². The maximum Gasteiger partial charge on any atom is 0.248 e. The SMILES string of the molecule is CCOc1ccccc1-c1cn([C@H](C(=O)N2C[C@H](O)C[C@H]2C(=O)NC)C(C)(C)C)nn1. The van der Waals surface area contributed by atoms with Crippen LogP contribution in [0.5, 0.6) is 5.75 Å². The first-order valence-corrected chi connectivity index (χ1v) is 10.5. The Morgan fingerprint density at radius 1 is 1.32 bits per heavy atom. The summed E-state index contributed by atoms with van der Waals surface area (Å²) in [6, 6.07) is 6.13. The van der Waals surface area contributed by atoms with Crippen LogP contribution in [0.15, 0.2) is 30.5 Å². The van der Waals surface area contributed by atoms with Crippen LogP contribution in [0, 0.1) is 5.41 Å². The number of nitrogens with one attached hydrogen (secondary N) is 1. The maximum atomic E-state index is 13.6. The highest BCUT2D eigenvalue weighted by molar-refractivity contribution is 5.90. The van der Waals surface area contributed by atoms with Crippen LogP contribution in [0.3, 0.4) is 0 Å². The second kappa shape index (κ2) is 9.05. The number of nitrogens with zero attached hydrogens (tertiary/aromatic N) is 4. The van der Waals surface area contributed by atoms with E-state index >= 15 is 0 Å². The number of aliphatic hydroxyl groups is 1. The van der Waals surface area contributed by atoms with Gasteiger partial charge in [-0.25, -0.2) is 4.68 Å². The van der Waals surface area contributed by atoms with Crippen molar-refractivity contribution in [2.45, 2.75) is 52.3 Å². The summed E-state index contributed by atoms with van der Waals surface area (Å²) in [5, 5.41) is 21.3. The quantitative estimate of drug-likeness (QED) is 0.722. The van der Waals surface area contributed by atoms with Gasteiger partial charge in [-0.3, -0.25) is 9.59 Å². The number of amides is 2. The number of likely N-dealkylation sites (N-methyl/N-ethyl adjacent to an activating group) is 1. The van der Waals surface area contributed by atoms with E-state index in [9.17, 15) is 14.7 Å². The molecule has 0 aliphatic carbocycles. The summed E-state index contributed by atoms with van der Waals surface area (Å²) < 4.78 is 7.24. The Balaban J connectivity index is 1.96. The fourth-order valence-corrected chi connectivity index (χ4v) is 4.00. The lowest BCUT2D eigenvalue weighted by atomic mass is 9.85. The molecule has 3 atom stereocenters. The van der Waals surface area contributed by atoms with Crippen molar-refractivity contribution < 1.29 is 19.4 Å². The predicted molar refractivity (Wildman–Crippen MR) is 115 cm³/mol. The molecule has 0 unspecified atom stereocenters. The van der Waals surface area contributed by atoms with E-state index < -0.39 is 23.6 Å². The zero-order valence-electron chi connectivity index (χ0n) is 18.7. The Morgan fingerprint density at radius 2 is 2.03 bits per heavy atom. The van der Waals surface area contributed by atoms with Crippen LogP contribution in [0.1, 0.15) is 40.2 Å². The van der Waals surface area contributed by atoms with Crippen LogP contribution >= 0.6 is 0 Å². The van der Waals surface area contributed by atoms with Crippen LogP contribution in [0.25, 0.3) is 11.3 Å². The van der Waals surface area contributed by atoms with E-state index in [0.717, 1.165) is 5.56 Å². The third-order valence-corrected chi connectivity index (χ3v) is 5.40. The molecule has 1 aromatic carbocycles. The topological polar surface area (TPSA) is 110 Å². The Kier molecular flexibility index (Phi) is 6.64. The number of carbonyl (C=O) groups is 2. The first-order valence-electron chi connectivity index (χ1n) is 10.5. The normalized spacial score (nSPS) is 19.9. The summed E-state index contributed by atoms with van der Waals surface area (Å²) in [5.41, 5.74) is 0.869. The summed E-state index contributed by atoms with van der Waals surface area (Å²) in [5.74, 6) is 0.132. The first kappa shape index (κ1) is 22.7. The van der Waals surface area contributed by atoms with Crippen molar-refractivity contribution >= 4 is 11.8 Å². The lowest BCUT2D eigenvalue weighted by molar-refractivity contribution is -0.144. The number of ether oxygens (including phenoxy) is 1. The van der Waals surface area contributed by atoms with Crippen molar-refractivity contribution in [1.82, 2.24) is 25.2 Å². The monoisotopic (exact) mass is 429 g/mol. The number of likely N-dealkylation sites (tertiary alicyclic amines) is 1. The van der Waals surface area contributed by atoms with Gasteiger partial charge >= 0.3 is 0 Å². The molecule has 31 heavy (non-hydrogen) atoms. The van der Waals surface area contributed by atoms with Gasteiger partial charge in [0.15, 0.2) is 0 Å². The highest BCUT2D eigenvalue weighted by Crippen LogP contribution is 2.36. The van der Waals surface area contributed by atoms with Crippen molar-refractivity contribution in [1.29, 1.82) is 0 Å². The Hall–Kier alpha value is -2.94. The molecule has 0 radical (unpaired) electrons. The standard InChI is InChI=1S/C22H31N5O4/c1-6-31-18-10-8-7-9-15(18)16-13-27(25-24-16)19(22(2,3)4)21(30)26-12-14(28)11-17(26)20(29)23-5/h7-10,13-14,17,19,28H,6,11-12H2,1-5H3,(H,23,29)/t14-,17+,19-/m1/s1. The van der Waals surface area contributed by atoms with Crippen LogP contribution in [-0.2, 0) is 9.59 Å². The van der Waals surface area contributed by atoms with E-state index in [4.69, 9.17) is 4.74 Å². The fraction of sp³-hybridized carbons (Fsp3) is 0.545. The molecule has 1 aliphatic heterocycles. The Bertz CT molecular complexity index is 936. The number of aromatic nitrogens is 3. The Morgan fingerprint density at radius 3 is 2.68 bits per heavy atom. The number of β-amino-alcohol motifs (C(OH)–C–C–N with tert-alkyl or cyclic N) is 1. The molecule has 0 spiro atoms. The Labute approximate surface area is 182 Å². The van der Waals surface area contributed by atoms with Gasteiger partial charge in [-0.1, -0.05) is 38.1 Å². The molecular formula is C22H31N5O4. The molecule has 2 amide bonds. The van der Waals surface area contributed by atoms with E-state index in [1.807, 2.05) is 52.0 Å². The van der Waals surface area contributed by atoms with Crippen LogP contribution in [0.2, 0.25) is 0 Å². The zero-order valence-corrected chi connectivity index (χ0v) is 18.7. The number of benzene rings is 1. The van der Waals surface area contributed by atoms with Gasteiger partial charge in [-0.05, 0) is 24.5 Å². The van der Waals surface area contributed by atoms with Crippen LogP contribution in [0.4, 0.5) is 0 Å². The molecule has 1 aromatic heterocycles. The molecule has 1 saturated heterocycles. The second-order valence-electron chi connectivity index (χ2n) is 8.79. The maximum absolute atomic E-state index is 13.6. The minimum atomic E-state index is -0.740. The molecule has 9 nitrogen and oxygen atoms in total. The number of carbonyl (C=O) groups excluding carboxylic acids is 2. The smallest absolute Gasteiger partial charge is 0.248 e. The molecule has 9 heteroatoms. The lowest BCUT2D eigenvalue weighted by Gasteiger charge is -2.34. The van der Waals surface area contributed by atoms with E-state index in [-0.39, 0.29) is 24.8 Å². The number of aliphatic hydroxyl groups excluding tert-OH is 1. The average Bonchev–Trinajstić information content (AvgIpc) is 3.34. The molecule has 0 bridgehead atoms. The van der Waals surface area contributed by atoms with Gasteiger partial charge in [-0.15, -0.1) is 5.10 Å². The third-order valence-electron chi connectivity index (χ3n) is 5.40. The first-order chi connectivity index (χ1) is 14.7. The van der Waals surface area contributed by atoms with Gasteiger partial charge in [0.2, 0.25) is 11.8 Å². The minimum absolute atomic E-state index is 0.109. The zero-order chi connectivity index (χ0) is 22.8. The van der Waals surface area contributed by atoms with Crippen molar-refractivity contribution in [3.05, 3.63) is 30.5 Å². The molecule has 1 fully saturated rings. The van der Waals surface area contributed by atoms with Gasteiger partial charge in [0.1, 0.15) is 23.5 Å². The average molecular weight is 430 g/mol. The van der Waals surface area contributed by atoms with Crippen LogP contribution < -0.4 is 10.1 Å². The fourth-order valence-electron chi connectivity index (χ4n) is 4.00. The minimum Gasteiger partial charge on any atom is -0.493 e. The molecule has 1 aliphatic rings. The van der Waals surface area contributed by atoms with E-state index in [2.05, 4.69) is 15.6 Å². The van der Waals surface area contributed by atoms with E-state index in [1.54, 1.807) is 10.9 Å². The second-order valence-corrected chi connectivity index (χ2v) is 8.79. The number of rotatable bonds is 6. The van der Waals surface area contributed by atoms with Crippen molar-refractivity contribution in [2.24, 2.45) is 5.41 Å². The summed E-state index contributed by atoms with van der Waals surface area (Å²) in [7, 11) is 1.52. The van der Waals surface area contributed by atoms with Gasteiger partial charge in [0.05, 0.1) is 18.9 Å². The predicted octanol–water partition coefficient (Wildman–Crippen LogP) is 1.64. The van der Waals surface area contributed by atoms with E-state index in [0.29, 0.717) is 18.1 Å². The molecule has 2 aromatic rings. The summed E-state index contributed by atoms with van der Waals surface area (Å²) in [4.78, 5) is 27.4. The van der Waals surface area contributed by atoms with Gasteiger partial charge in [-0.2, -0.15) is 0 Å². The van der Waals surface area contributed by atoms with Crippen LogP contribution in [-0.4, -0.2) is 69.2 Å². The van der Waals surface area contributed by atoms with Crippen molar-refractivity contribution in [3.8, 4) is 17.0 Å².